The van der Waals surface area contributed by atoms with Crippen molar-refractivity contribution in [3.63, 3.8) is 0 Å². The number of halogens is 2. The van der Waals surface area contributed by atoms with Crippen molar-refractivity contribution < 1.29 is 8.78 Å². The molecule has 102 valence electrons. The van der Waals surface area contributed by atoms with E-state index in [1.165, 1.54) is 11.6 Å². The molecule has 0 spiro atoms. The molecule has 3 nitrogen and oxygen atoms in total. The summed E-state index contributed by atoms with van der Waals surface area (Å²) in [6.07, 6.45) is 1.00. The van der Waals surface area contributed by atoms with Gasteiger partial charge in [-0.05, 0) is 34.9 Å². The predicted octanol–water partition coefficient (Wildman–Crippen LogP) is 1.68. The molecule has 1 fully saturated rings. The molecule has 0 atom stereocenters. The number of rotatable bonds is 3. The van der Waals surface area contributed by atoms with E-state index in [-0.39, 0.29) is 5.69 Å². The maximum absolute atomic E-state index is 12.7. The van der Waals surface area contributed by atoms with Crippen LogP contribution in [0.4, 0.5) is 8.78 Å². The van der Waals surface area contributed by atoms with Crippen LogP contribution in [0, 0.1) is 0 Å². The number of H-pyrrole nitrogens is 1. The third-order valence-electron chi connectivity index (χ3n) is 4.00. The number of nitrogens with zero attached hydrogens (tertiary/aromatic N) is 1. The maximum atomic E-state index is 12.7. The topological polar surface area (TPSA) is 40.2 Å². The van der Waals surface area contributed by atoms with Crippen molar-refractivity contribution in [3.05, 3.63) is 46.2 Å². The Balaban J connectivity index is 1.80. The van der Waals surface area contributed by atoms with Crippen molar-refractivity contribution in [2.75, 3.05) is 13.1 Å². The summed E-state index contributed by atoms with van der Waals surface area (Å²) in [6.45, 7) is 1.92. The zero-order valence-electron chi connectivity index (χ0n) is 10.7. The number of hydrogen-bond donors (Lipinski definition) is 2. The van der Waals surface area contributed by atoms with E-state index in [9.17, 15) is 8.78 Å². The van der Waals surface area contributed by atoms with E-state index in [1.54, 1.807) is 6.20 Å². The van der Waals surface area contributed by atoms with Gasteiger partial charge in [-0.25, -0.2) is 8.78 Å². The zero-order valence-corrected chi connectivity index (χ0v) is 10.7. The number of nitrogens with one attached hydrogen (secondary N) is 2. The van der Waals surface area contributed by atoms with Crippen LogP contribution in [0.3, 0.4) is 0 Å². The molecular formula is C15H13F2N3. The summed E-state index contributed by atoms with van der Waals surface area (Å²) in [6, 6.07) is 5.61. The molecule has 1 aromatic carbocycles. The van der Waals surface area contributed by atoms with Gasteiger partial charge in [0.25, 0.3) is 6.43 Å². The van der Waals surface area contributed by atoms with E-state index in [0.29, 0.717) is 5.92 Å². The Morgan fingerprint density at radius 1 is 1.15 bits per heavy atom. The first kappa shape index (κ1) is 11.8. The number of aromatic amines is 1. The lowest BCUT2D eigenvalue weighted by atomic mass is 9.89. The van der Waals surface area contributed by atoms with Crippen LogP contribution in [0.2, 0.25) is 0 Å². The fraction of sp³-hybridized carbons (Fsp3) is 0.267. The SMILES string of the molecule is FC(F)c1cc(-c2cc(C3CNC3)c3c(c2)=CN=3)c[nH]1. The lowest BCUT2D eigenvalue weighted by molar-refractivity contribution is 0.147. The van der Waals surface area contributed by atoms with E-state index in [0.717, 1.165) is 34.8 Å². The number of fused-ring (bicyclic) bond motifs is 1. The van der Waals surface area contributed by atoms with Gasteiger partial charge in [-0.3, -0.25) is 4.99 Å². The molecule has 0 saturated carbocycles. The molecule has 0 bridgehead atoms. The molecule has 3 heterocycles. The molecule has 4 rings (SSSR count). The molecule has 1 aromatic heterocycles. The third-order valence-corrected chi connectivity index (χ3v) is 4.00. The molecular weight excluding hydrogens is 260 g/mol. The predicted molar refractivity (Wildman–Crippen MR) is 72.0 cm³/mol. The van der Waals surface area contributed by atoms with Gasteiger partial charge >= 0.3 is 0 Å². The smallest absolute Gasteiger partial charge is 0.278 e. The van der Waals surface area contributed by atoms with Crippen molar-refractivity contribution in [2.45, 2.75) is 12.3 Å². The molecule has 0 unspecified atom stereocenters. The zero-order chi connectivity index (χ0) is 13.7. The summed E-state index contributed by atoms with van der Waals surface area (Å²) in [5.74, 6) is 0.481. The number of hydrogen-bond acceptors (Lipinski definition) is 2. The third kappa shape index (κ3) is 1.70. The summed E-state index contributed by atoms with van der Waals surface area (Å²) in [5.41, 5.74) is 2.96. The van der Waals surface area contributed by atoms with E-state index in [1.807, 2.05) is 12.3 Å². The highest BCUT2D eigenvalue weighted by Crippen LogP contribution is 2.27. The van der Waals surface area contributed by atoms with Gasteiger partial charge in [0.2, 0.25) is 0 Å². The highest BCUT2D eigenvalue weighted by atomic mass is 19.3. The van der Waals surface area contributed by atoms with Gasteiger partial charge in [0.1, 0.15) is 0 Å². The number of aromatic nitrogens is 1. The van der Waals surface area contributed by atoms with Crippen molar-refractivity contribution in [1.29, 1.82) is 0 Å². The quantitative estimate of drug-likeness (QED) is 0.877. The molecule has 2 aliphatic heterocycles. The highest BCUT2D eigenvalue weighted by molar-refractivity contribution is 5.66. The monoisotopic (exact) mass is 273 g/mol. The molecule has 0 amide bonds. The highest BCUT2D eigenvalue weighted by Gasteiger charge is 2.23. The van der Waals surface area contributed by atoms with Gasteiger partial charge in [-0.1, -0.05) is 0 Å². The Hall–Kier alpha value is -2.01. The largest absolute Gasteiger partial charge is 0.360 e. The van der Waals surface area contributed by atoms with Crippen LogP contribution in [0.5, 0.6) is 0 Å². The Morgan fingerprint density at radius 3 is 2.55 bits per heavy atom. The second-order valence-corrected chi connectivity index (χ2v) is 5.26. The van der Waals surface area contributed by atoms with Crippen molar-refractivity contribution in [3.8, 4) is 11.1 Å². The minimum atomic E-state index is -2.47. The first-order chi connectivity index (χ1) is 9.72. The van der Waals surface area contributed by atoms with Gasteiger partial charge in [0, 0.05) is 36.6 Å². The lowest BCUT2D eigenvalue weighted by Gasteiger charge is -2.28. The van der Waals surface area contributed by atoms with Gasteiger partial charge in [-0.2, -0.15) is 0 Å². The fourth-order valence-electron chi connectivity index (χ4n) is 2.69. The average Bonchev–Trinajstić information content (AvgIpc) is 2.78. The Bertz CT molecular complexity index is 788. The van der Waals surface area contributed by atoms with Gasteiger partial charge in [-0.15, -0.1) is 0 Å². The Labute approximate surface area is 114 Å². The van der Waals surface area contributed by atoms with Crippen molar-refractivity contribution in [2.24, 2.45) is 4.99 Å². The summed E-state index contributed by atoms with van der Waals surface area (Å²) < 4.78 is 25.3. The summed E-state index contributed by atoms with van der Waals surface area (Å²) in [4.78, 5) is 6.96. The molecule has 20 heavy (non-hydrogen) atoms. The van der Waals surface area contributed by atoms with Crippen molar-refractivity contribution >= 4 is 6.20 Å². The molecule has 2 aromatic rings. The normalized spacial score (nSPS) is 16.9. The van der Waals surface area contributed by atoms with E-state index in [2.05, 4.69) is 21.4 Å². The first-order valence-electron chi connectivity index (χ1n) is 6.62. The Kier molecular flexibility index (Phi) is 2.50. The van der Waals surface area contributed by atoms with Gasteiger partial charge in [0.05, 0.1) is 11.1 Å². The van der Waals surface area contributed by atoms with Crippen LogP contribution in [0.15, 0.2) is 29.4 Å². The van der Waals surface area contributed by atoms with Gasteiger partial charge < -0.3 is 10.3 Å². The van der Waals surface area contributed by atoms with Crippen molar-refractivity contribution in [1.82, 2.24) is 10.3 Å². The lowest BCUT2D eigenvalue weighted by Crippen LogP contribution is -2.46. The average molecular weight is 273 g/mol. The standard InChI is InChI=1S/C15H13F2N3/c16-15(17)13-3-9(6-19-13)8-1-10-7-20-14(10)12(2-8)11-4-18-5-11/h1-3,6-7,11,15,18-19H,4-5H2. The number of alkyl halides is 2. The fourth-order valence-corrected chi connectivity index (χ4v) is 2.69. The molecule has 0 aliphatic carbocycles. The molecule has 2 aliphatic rings. The van der Waals surface area contributed by atoms with Gasteiger partial charge in [0.15, 0.2) is 0 Å². The summed E-state index contributed by atoms with van der Waals surface area (Å²) in [5, 5.41) is 5.41. The summed E-state index contributed by atoms with van der Waals surface area (Å²) in [7, 11) is 0. The first-order valence-corrected chi connectivity index (χ1v) is 6.62. The number of benzene rings is 1. The molecule has 0 radical (unpaired) electrons. The van der Waals surface area contributed by atoms with E-state index >= 15 is 0 Å². The van der Waals surface area contributed by atoms with E-state index < -0.39 is 6.43 Å². The van der Waals surface area contributed by atoms with Crippen LogP contribution < -0.4 is 15.9 Å². The minimum absolute atomic E-state index is 0.0387. The maximum Gasteiger partial charge on any atom is 0.278 e. The molecule has 2 N–H and O–H groups in total. The second kappa shape index (κ2) is 4.24. The second-order valence-electron chi connectivity index (χ2n) is 5.26. The van der Waals surface area contributed by atoms with Crippen LogP contribution in [-0.2, 0) is 0 Å². The molecule has 5 heteroatoms. The van der Waals surface area contributed by atoms with Crippen LogP contribution >= 0.6 is 0 Å². The molecule has 1 saturated heterocycles. The van der Waals surface area contributed by atoms with Crippen LogP contribution in [0.1, 0.15) is 23.6 Å². The van der Waals surface area contributed by atoms with E-state index in [4.69, 9.17) is 0 Å². The van der Waals surface area contributed by atoms with Crippen LogP contribution in [0.25, 0.3) is 17.3 Å². The minimum Gasteiger partial charge on any atom is -0.360 e. The summed E-state index contributed by atoms with van der Waals surface area (Å²) >= 11 is 0. The van der Waals surface area contributed by atoms with Crippen LogP contribution in [-0.4, -0.2) is 18.1 Å². The Morgan fingerprint density at radius 2 is 2.00 bits per heavy atom.